The van der Waals surface area contributed by atoms with Gasteiger partial charge < -0.3 is 4.42 Å². The highest BCUT2D eigenvalue weighted by Crippen LogP contribution is 2.18. The Hall–Kier alpha value is -2.52. The maximum absolute atomic E-state index is 12.0. The van der Waals surface area contributed by atoms with Crippen LogP contribution in [-0.4, -0.2) is 21.8 Å². The predicted molar refractivity (Wildman–Crippen MR) is 83.6 cm³/mol. The van der Waals surface area contributed by atoms with Crippen molar-refractivity contribution in [1.29, 1.82) is 0 Å². The summed E-state index contributed by atoms with van der Waals surface area (Å²) in [5.41, 5.74) is 0.570. The normalized spacial score (nSPS) is 10.4. The second kappa shape index (κ2) is 6.08. The number of aromatic nitrogens is 2. The van der Waals surface area contributed by atoms with Crippen LogP contribution < -0.4 is 10.6 Å². The lowest BCUT2D eigenvalue weighted by Gasteiger charge is -1.97. The Bertz CT molecular complexity index is 807. The maximum atomic E-state index is 12.0. The largest absolute Gasteiger partial charge is 0.431 e. The number of nitrogens with zero attached hydrogens (tertiary/aromatic N) is 2. The number of hydrogen-bond acceptors (Lipinski definition) is 7. The minimum Gasteiger partial charge on any atom is -0.431 e. The number of oxazole rings is 1. The van der Waals surface area contributed by atoms with Gasteiger partial charge in [0, 0.05) is 16.5 Å². The Morgan fingerprint density at radius 3 is 2.82 bits per heavy atom. The molecule has 0 fully saturated rings. The molecule has 0 spiro atoms. The Balaban J connectivity index is 1.65. The zero-order valence-electron chi connectivity index (χ0n) is 11.3. The Kier molecular flexibility index (Phi) is 3.98. The van der Waals surface area contributed by atoms with E-state index in [4.69, 9.17) is 4.42 Å². The zero-order valence-corrected chi connectivity index (χ0v) is 13.0. The third-order valence-electron chi connectivity index (χ3n) is 2.58. The van der Waals surface area contributed by atoms with E-state index >= 15 is 0 Å². The number of hydrogen-bond donors (Lipinski definition) is 2. The smallest absolute Gasteiger partial charge is 0.302 e. The fraction of sp³-hybridized carbons (Fsp3) is 0.0769. The van der Waals surface area contributed by atoms with E-state index in [1.165, 1.54) is 28.9 Å². The average molecular weight is 334 g/mol. The van der Waals surface area contributed by atoms with Gasteiger partial charge in [-0.05, 0) is 18.4 Å². The first kappa shape index (κ1) is 14.4. The van der Waals surface area contributed by atoms with Crippen LogP contribution in [0, 0.1) is 6.92 Å². The van der Waals surface area contributed by atoms with Crippen LogP contribution in [0.5, 0.6) is 0 Å². The molecule has 0 saturated heterocycles. The molecule has 112 valence electrons. The summed E-state index contributed by atoms with van der Waals surface area (Å²) >= 11 is 2.77. The Morgan fingerprint density at radius 2 is 2.14 bits per heavy atom. The number of rotatable bonds is 4. The third kappa shape index (κ3) is 3.21. The van der Waals surface area contributed by atoms with Gasteiger partial charge in [-0.3, -0.25) is 20.2 Å². The number of aryl methyl sites for hydroxylation is 1. The van der Waals surface area contributed by atoms with Crippen LogP contribution in [0.3, 0.4) is 0 Å². The molecule has 0 radical (unpaired) electrons. The molecule has 3 aromatic heterocycles. The second-order valence-electron chi connectivity index (χ2n) is 4.23. The van der Waals surface area contributed by atoms with Gasteiger partial charge in [-0.1, -0.05) is 0 Å². The summed E-state index contributed by atoms with van der Waals surface area (Å²) in [6.07, 6.45) is 2.84. The van der Waals surface area contributed by atoms with Gasteiger partial charge in [-0.15, -0.1) is 11.3 Å². The molecule has 22 heavy (non-hydrogen) atoms. The van der Waals surface area contributed by atoms with Crippen LogP contribution in [0.4, 0.5) is 11.1 Å². The highest BCUT2D eigenvalue weighted by atomic mass is 32.1. The molecule has 3 aromatic rings. The molecule has 0 aliphatic heterocycles. The average Bonchev–Trinajstić information content (AvgIpc) is 3.20. The van der Waals surface area contributed by atoms with Crippen molar-refractivity contribution < 1.29 is 14.0 Å². The Morgan fingerprint density at radius 1 is 1.27 bits per heavy atom. The van der Waals surface area contributed by atoms with Crippen molar-refractivity contribution in [2.24, 2.45) is 0 Å². The first-order valence-electron chi connectivity index (χ1n) is 6.14. The number of anilines is 2. The van der Waals surface area contributed by atoms with E-state index in [-0.39, 0.29) is 17.6 Å². The van der Waals surface area contributed by atoms with E-state index in [1.54, 1.807) is 23.0 Å². The quantitative estimate of drug-likeness (QED) is 0.764. The van der Waals surface area contributed by atoms with Gasteiger partial charge >= 0.3 is 6.01 Å². The summed E-state index contributed by atoms with van der Waals surface area (Å²) in [7, 11) is 0. The van der Waals surface area contributed by atoms with Crippen LogP contribution in [0.1, 0.15) is 25.7 Å². The van der Waals surface area contributed by atoms with Crippen molar-refractivity contribution in [1.82, 2.24) is 9.97 Å². The predicted octanol–water partition coefficient (Wildman–Crippen LogP) is 3.01. The van der Waals surface area contributed by atoms with E-state index in [9.17, 15) is 9.59 Å². The molecule has 3 heterocycles. The van der Waals surface area contributed by atoms with Crippen molar-refractivity contribution in [3.8, 4) is 0 Å². The third-order valence-corrected chi connectivity index (χ3v) is 4.09. The number of amides is 2. The molecular weight excluding hydrogens is 324 g/mol. The van der Waals surface area contributed by atoms with Crippen LogP contribution in [0.15, 0.2) is 33.7 Å². The summed E-state index contributed by atoms with van der Waals surface area (Å²) in [4.78, 5) is 32.8. The lowest BCUT2D eigenvalue weighted by Crippen LogP contribution is -2.13. The van der Waals surface area contributed by atoms with Crippen molar-refractivity contribution in [2.75, 3.05) is 10.6 Å². The van der Waals surface area contributed by atoms with Crippen LogP contribution in [0.25, 0.3) is 0 Å². The summed E-state index contributed by atoms with van der Waals surface area (Å²) in [6, 6.07) is 1.65. The SMILES string of the molecule is Cc1cnc(NC(=O)c2coc(NC(=O)c3ccsc3)n2)s1. The van der Waals surface area contributed by atoms with Gasteiger partial charge in [-0.2, -0.15) is 16.3 Å². The number of thiophene rings is 1. The van der Waals surface area contributed by atoms with Crippen molar-refractivity contribution >= 4 is 45.6 Å². The van der Waals surface area contributed by atoms with Crippen LogP contribution in [0.2, 0.25) is 0 Å². The monoisotopic (exact) mass is 334 g/mol. The maximum Gasteiger partial charge on any atom is 0.302 e. The molecule has 0 atom stereocenters. The van der Waals surface area contributed by atoms with E-state index in [2.05, 4.69) is 20.6 Å². The van der Waals surface area contributed by atoms with Crippen molar-refractivity contribution in [2.45, 2.75) is 6.92 Å². The summed E-state index contributed by atoms with van der Waals surface area (Å²) < 4.78 is 5.08. The van der Waals surface area contributed by atoms with Crippen molar-refractivity contribution in [3.63, 3.8) is 0 Å². The van der Waals surface area contributed by atoms with Crippen molar-refractivity contribution in [3.05, 3.63) is 45.4 Å². The van der Waals surface area contributed by atoms with Gasteiger partial charge in [-0.25, -0.2) is 4.98 Å². The van der Waals surface area contributed by atoms with Gasteiger partial charge in [0.15, 0.2) is 10.8 Å². The summed E-state index contributed by atoms with van der Waals surface area (Å²) in [6.45, 7) is 1.89. The topological polar surface area (TPSA) is 97.1 Å². The molecule has 7 nitrogen and oxygen atoms in total. The molecule has 0 saturated carbocycles. The molecule has 0 bridgehead atoms. The highest BCUT2D eigenvalue weighted by Gasteiger charge is 2.16. The molecule has 9 heteroatoms. The van der Waals surface area contributed by atoms with E-state index < -0.39 is 5.91 Å². The van der Waals surface area contributed by atoms with Crippen LogP contribution in [-0.2, 0) is 0 Å². The van der Waals surface area contributed by atoms with E-state index in [0.29, 0.717) is 10.7 Å². The molecule has 0 aliphatic carbocycles. The molecule has 2 amide bonds. The van der Waals surface area contributed by atoms with Gasteiger partial charge in [0.25, 0.3) is 11.8 Å². The first-order valence-corrected chi connectivity index (χ1v) is 7.90. The standard InChI is InChI=1S/C13H10N4O3S2/c1-7-4-14-13(22-7)17-11(19)9-5-20-12(15-9)16-10(18)8-2-3-21-6-8/h2-6H,1H3,(H,14,17,19)(H,15,16,18). The van der Waals surface area contributed by atoms with Gasteiger partial charge in [0.2, 0.25) is 0 Å². The fourth-order valence-electron chi connectivity index (χ4n) is 1.57. The van der Waals surface area contributed by atoms with E-state index in [0.717, 1.165) is 4.88 Å². The summed E-state index contributed by atoms with van der Waals surface area (Å²) in [5, 5.41) is 9.07. The highest BCUT2D eigenvalue weighted by molar-refractivity contribution is 7.15. The first-order chi connectivity index (χ1) is 10.6. The fourth-order valence-corrected chi connectivity index (χ4v) is 2.87. The number of carbonyl (C=O) groups excluding carboxylic acids is 2. The molecule has 3 rings (SSSR count). The molecular formula is C13H10N4O3S2. The molecule has 0 unspecified atom stereocenters. The number of nitrogens with one attached hydrogen (secondary N) is 2. The number of carbonyl (C=O) groups is 2. The lowest BCUT2D eigenvalue weighted by atomic mass is 10.3. The van der Waals surface area contributed by atoms with Gasteiger partial charge in [0.1, 0.15) is 6.26 Å². The zero-order chi connectivity index (χ0) is 15.5. The minimum absolute atomic E-state index is 0.0309. The minimum atomic E-state index is -0.450. The summed E-state index contributed by atoms with van der Waals surface area (Å²) in [5.74, 6) is -0.792. The second-order valence-corrected chi connectivity index (χ2v) is 6.25. The Labute approximate surface area is 133 Å². The molecule has 0 aromatic carbocycles. The van der Waals surface area contributed by atoms with Crippen LogP contribution >= 0.6 is 22.7 Å². The number of thiazole rings is 1. The lowest BCUT2D eigenvalue weighted by molar-refractivity contribution is 0.101. The molecule has 2 N–H and O–H groups in total. The van der Waals surface area contributed by atoms with Gasteiger partial charge in [0.05, 0.1) is 5.56 Å². The van der Waals surface area contributed by atoms with E-state index in [1.807, 2.05) is 6.92 Å². The molecule has 0 aliphatic rings.